The third-order valence-electron chi connectivity index (χ3n) is 5.35. The smallest absolute Gasteiger partial charge is 0.220 e. The quantitative estimate of drug-likeness (QED) is 0.696. The predicted molar refractivity (Wildman–Crippen MR) is 109 cm³/mol. The third kappa shape index (κ3) is 8.73. The van der Waals surface area contributed by atoms with E-state index >= 15 is 0 Å². The number of hydrogen-bond donors (Lipinski definition) is 1. The Labute approximate surface area is 159 Å². The second-order valence-corrected chi connectivity index (χ2v) is 7.60. The molecular weight excluding hydrogens is 322 g/mol. The molecule has 1 fully saturated rings. The summed E-state index contributed by atoms with van der Waals surface area (Å²) < 4.78 is 5.47. The predicted octanol–water partition coefficient (Wildman–Crippen LogP) is 5.81. The van der Waals surface area contributed by atoms with E-state index in [-0.39, 0.29) is 5.91 Å². The van der Waals surface area contributed by atoms with E-state index in [2.05, 4.69) is 17.4 Å². The second-order valence-electron chi connectivity index (χ2n) is 7.60. The Bertz CT molecular complexity index is 485. The zero-order valence-electron chi connectivity index (χ0n) is 16.6. The zero-order valence-corrected chi connectivity index (χ0v) is 16.6. The number of rotatable bonds is 6. The second kappa shape index (κ2) is 12.8. The lowest BCUT2D eigenvalue weighted by atomic mass is 9.97. The van der Waals surface area contributed by atoms with Crippen LogP contribution in [-0.2, 0) is 11.2 Å². The molecule has 0 spiro atoms. The van der Waals surface area contributed by atoms with Crippen molar-refractivity contribution in [3.8, 4) is 5.75 Å². The van der Waals surface area contributed by atoms with Crippen LogP contribution in [0, 0.1) is 0 Å². The van der Waals surface area contributed by atoms with Crippen LogP contribution in [0.4, 0.5) is 0 Å². The van der Waals surface area contributed by atoms with Crippen LogP contribution < -0.4 is 10.1 Å². The van der Waals surface area contributed by atoms with E-state index in [9.17, 15) is 4.79 Å². The van der Waals surface area contributed by atoms with Crippen LogP contribution >= 0.6 is 0 Å². The highest BCUT2D eigenvalue weighted by atomic mass is 16.5. The van der Waals surface area contributed by atoms with Crippen LogP contribution in [0.5, 0.6) is 5.75 Å². The fourth-order valence-electron chi connectivity index (χ4n) is 3.78. The molecule has 0 saturated heterocycles. The summed E-state index contributed by atoms with van der Waals surface area (Å²) in [5.74, 6) is 1.10. The van der Waals surface area contributed by atoms with E-state index in [1.54, 1.807) is 0 Å². The summed E-state index contributed by atoms with van der Waals surface area (Å²) in [6.07, 6.45) is 15.7. The lowest BCUT2D eigenvalue weighted by Crippen LogP contribution is -2.35. The van der Waals surface area contributed by atoms with Crippen molar-refractivity contribution in [1.82, 2.24) is 5.32 Å². The number of benzene rings is 1. The molecule has 1 saturated carbocycles. The first-order valence-corrected chi connectivity index (χ1v) is 10.8. The monoisotopic (exact) mass is 359 g/mol. The Morgan fingerprint density at radius 1 is 0.923 bits per heavy atom. The largest absolute Gasteiger partial charge is 0.494 e. The zero-order chi connectivity index (χ0) is 18.5. The van der Waals surface area contributed by atoms with Crippen molar-refractivity contribution < 1.29 is 9.53 Å². The van der Waals surface area contributed by atoms with Gasteiger partial charge >= 0.3 is 0 Å². The number of aryl methyl sites for hydroxylation is 1. The summed E-state index contributed by atoms with van der Waals surface area (Å²) in [6, 6.07) is 8.48. The highest BCUT2D eigenvalue weighted by Gasteiger charge is 2.12. The van der Waals surface area contributed by atoms with Gasteiger partial charge in [0.25, 0.3) is 0 Å². The molecule has 1 aromatic carbocycles. The van der Waals surface area contributed by atoms with Crippen molar-refractivity contribution >= 4 is 5.91 Å². The molecule has 1 N–H and O–H groups in total. The van der Waals surface area contributed by atoms with Crippen LogP contribution in [0.2, 0.25) is 0 Å². The minimum atomic E-state index is 0.205. The number of ether oxygens (including phenoxy) is 1. The molecule has 0 aliphatic heterocycles. The average Bonchev–Trinajstić information content (AvgIpc) is 2.64. The molecule has 146 valence electrons. The van der Waals surface area contributed by atoms with Crippen LogP contribution in [0.1, 0.15) is 89.5 Å². The van der Waals surface area contributed by atoms with Crippen molar-refractivity contribution in [2.45, 2.75) is 96.4 Å². The molecular formula is C23H37NO2. The van der Waals surface area contributed by atoms with Gasteiger partial charge in [0.05, 0.1) is 6.61 Å². The minimum absolute atomic E-state index is 0.205. The third-order valence-corrected chi connectivity index (χ3v) is 5.35. The Kier molecular flexibility index (Phi) is 10.2. The first-order chi connectivity index (χ1) is 12.8. The van der Waals surface area contributed by atoms with Gasteiger partial charge in [-0.1, -0.05) is 69.9 Å². The maximum atomic E-state index is 12.4. The van der Waals surface area contributed by atoms with E-state index in [4.69, 9.17) is 4.74 Å². The lowest BCUT2D eigenvalue weighted by molar-refractivity contribution is -0.121. The fourth-order valence-corrected chi connectivity index (χ4v) is 3.78. The van der Waals surface area contributed by atoms with Crippen LogP contribution in [-0.4, -0.2) is 18.6 Å². The normalized spacial score (nSPS) is 17.7. The summed E-state index contributed by atoms with van der Waals surface area (Å²) in [6.45, 7) is 2.67. The first-order valence-electron chi connectivity index (χ1n) is 10.8. The molecule has 3 nitrogen and oxygen atoms in total. The average molecular weight is 360 g/mol. The molecule has 0 atom stereocenters. The first kappa shape index (κ1) is 20.8. The van der Waals surface area contributed by atoms with E-state index in [1.807, 2.05) is 19.1 Å². The van der Waals surface area contributed by atoms with Gasteiger partial charge in [0.15, 0.2) is 0 Å². The Morgan fingerprint density at radius 3 is 2.00 bits per heavy atom. The summed E-state index contributed by atoms with van der Waals surface area (Å²) in [5.41, 5.74) is 1.20. The fraction of sp³-hybridized carbons (Fsp3) is 0.696. The number of amides is 1. The number of hydrogen-bond acceptors (Lipinski definition) is 2. The van der Waals surface area contributed by atoms with E-state index in [0.29, 0.717) is 19.1 Å². The number of carbonyl (C=O) groups excluding carboxylic acids is 1. The highest BCUT2D eigenvalue weighted by molar-refractivity contribution is 5.76. The van der Waals surface area contributed by atoms with Gasteiger partial charge < -0.3 is 10.1 Å². The summed E-state index contributed by atoms with van der Waals surface area (Å²) >= 11 is 0. The molecule has 0 radical (unpaired) electrons. The van der Waals surface area contributed by atoms with Crippen molar-refractivity contribution in [2.24, 2.45) is 0 Å². The van der Waals surface area contributed by atoms with Crippen LogP contribution in [0.15, 0.2) is 24.3 Å². The number of nitrogens with one attached hydrogen (secondary N) is 1. The molecule has 3 heteroatoms. The van der Waals surface area contributed by atoms with Crippen molar-refractivity contribution in [3.63, 3.8) is 0 Å². The Balaban J connectivity index is 1.72. The van der Waals surface area contributed by atoms with Crippen molar-refractivity contribution in [1.29, 1.82) is 0 Å². The van der Waals surface area contributed by atoms with Gasteiger partial charge in [0.1, 0.15) is 5.75 Å². The van der Waals surface area contributed by atoms with Crippen LogP contribution in [0.3, 0.4) is 0 Å². The SMILES string of the molecule is CCOc1ccc(CCC(=O)NC2CCCCCCCCCCC2)cc1. The standard InChI is InChI=1S/C23H37NO2/c1-2-26-22-17-14-20(15-18-22)16-19-23(25)24-21-12-10-8-6-4-3-5-7-9-11-13-21/h14-15,17-18,21H,2-13,16,19H2,1H3,(H,24,25). The molecule has 26 heavy (non-hydrogen) atoms. The van der Waals surface area contributed by atoms with Crippen LogP contribution in [0.25, 0.3) is 0 Å². The minimum Gasteiger partial charge on any atom is -0.494 e. The Morgan fingerprint density at radius 2 is 1.46 bits per heavy atom. The van der Waals surface area contributed by atoms with Gasteiger partial charge in [-0.25, -0.2) is 0 Å². The Hall–Kier alpha value is -1.51. The molecule has 0 bridgehead atoms. The van der Waals surface area contributed by atoms with Crippen molar-refractivity contribution in [2.75, 3.05) is 6.61 Å². The van der Waals surface area contributed by atoms with E-state index < -0.39 is 0 Å². The molecule has 1 aliphatic carbocycles. The summed E-state index contributed by atoms with van der Waals surface area (Å²) in [7, 11) is 0. The topological polar surface area (TPSA) is 38.3 Å². The maximum Gasteiger partial charge on any atom is 0.220 e. The molecule has 0 heterocycles. The lowest BCUT2D eigenvalue weighted by Gasteiger charge is -2.19. The molecule has 1 aliphatic rings. The van der Waals surface area contributed by atoms with Gasteiger partial charge in [-0.3, -0.25) is 4.79 Å². The molecule has 0 aromatic heterocycles. The van der Waals surface area contributed by atoms with E-state index in [0.717, 1.165) is 25.0 Å². The maximum absolute atomic E-state index is 12.4. The molecule has 0 unspecified atom stereocenters. The van der Waals surface area contributed by atoms with Gasteiger partial charge in [-0.2, -0.15) is 0 Å². The number of carbonyl (C=O) groups is 1. The summed E-state index contributed by atoms with van der Waals surface area (Å²) in [5, 5.41) is 3.31. The van der Waals surface area contributed by atoms with E-state index in [1.165, 1.54) is 63.4 Å². The molecule has 1 amide bonds. The molecule has 1 aromatic rings. The molecule has 2 rings (SSSR count). The van der Waals surface area contributed by atoms with Crippen molar-refractivity contribution in [3.05, 3.63) is 29.8 Å². The summed E-state index contributed by atoms with van der Waals surface area (Å²) in [4.78, 5) is 12.4. The van der Waals surface area contributed by atoms with Gasteiger partial charge in [-0.15, -0.1) is 0 Å². The van der Waals surface area contributed by atoms with Gasteiger partial charge in [0.2, 0.25) is 5.91 Å². The van der Waals surface area contributed by atoms with Gasteiger partial charge in [-0.05, 0) is 43.9 Å². The van der Waals surface area contributed by atoms with Gasteiger partial charge in [0, 0.05) is 12.5 Å². The highest BCUT2D eigenvalue weighted by Crippen LogP contribution is 2.17.